The van der Waals surface area contributed by atoms with Crippen LogP contribution in [0.2, 0.25) is 0 Å². The van der Waals surface area contributed by atoms with Crippen LogP contribution in [-0.4, -0.2) is 17.0 Å². The minimum Gasteiger partial charge on any atom is -0.496 e. The van der Waals surface area contributed by atoms with Crippen molar-refractivity contribution < 1.29 is 4.74 Å². The average molecular weight is 298 g/mol. The second kappa shape index (κ2) is 5.84. The van der Waals surface area contributed by atoms with Crippen LogP contribution < -0.4 is 10.5 Å². The topological polar surface area (TPSA) is 38.5 Å². The Kier molecular flexibility index (Phi) is 3.90. The van der Waals surface area contributed by atoms with Crippen LogP contribution >= 0.6 is 12.2 Å². The zero-order valence-corrected chi connectivity index (χ0v) is 12.8. The number of fused-ring (bicyclic) bond motifs is 1. The molecule has 21 heavy (non-hydrogen) atoms. The van der Waals surface area contributed by atoms with E-state index >= 15 is 0 Å². The molecule has 0 radical (unpaired) electrons. The predicted molar refractivity (Wildman–Crippen MR) is 88.3 cm³/mol. The van der Waals surface area contributed by atoms with E-state index in [1.807, 2.05) is 12.1 Å². The van der Waals surface area contributed by atoms with E-state index in [9.17, 15) is 0 Å². The fourth-order valence-corrected chi connectivity index (χ4v) is 2.98. The van der Waals surface area contributed by atoms with Gasteiger partial charge in [-0.3, -0.25) is 4.90 Å². The zero-order chi connectivity index (χ0) is 14.8. The van der Waals surface area contributed by atoms with Gasteiger partial charge in [0.2, 0.25) is 0 Å². The number of thiocarbonyl (C=S) groups is 1. The van der Waals surface area contributed by atoms with Crippen LogP contribution in [-0.2, 0) is 19.6 Å². The minimum absolute atomic E-state index is 0.374. The average Bonchev–Trinajstić information content (AvgIpc) is 2.89. The number of methoxy groups -OCH3 is 1. The summed E-state index contributed by atoms with van der Waals surface area (Å²) in [7, 11) is 1.63. The van der Waals surface area contributed by atoms with Crippen molar-refractivity contribution in [1.82, 2.24) is 4.90 Å². The molecule has 0 saturated carbocycles. The van der Waals surface area contributed by atoms with Crippen LogP contribution in [0.1, 0.15) is 22.3 Å². The van der Waals surface area contributed by atoms with Gasteiger partial charge < -0.3 is 10.5 Å². The molecule has 1 heterocycles. The maximum atomic E-state index is 5.77. The lowest BCUT2D eigenvalue weighted by atomic mass is 10.1. The van der Waals surface area contributed by atoms with Gasteiger partial charge in [0.15, 0.2) is 0 Å². The molecular weight excluding hydrogens is 280 g/mol. The third kappa shape index (κ3) is 2.91. The second-order valence-corrected chi connectivity index (χ2v) is 5.75. The smallest absolute Gasteiger partial charge is 0.129 e. The van der Waals surface area contributed by atoms with Crippen molar-refractivity contribution in [2.75, 3.05) is 7.11 Å². The van der Waals surface area contributed by atoms with Gasteiger partial charge in [-0.2, -0.15) is 0 Å². The molecule has 1 aliphatic heterocycles. The van der Waals surface area contributed by atoms with E-state index in [1.54, 1.807) is 7.11 Å². The highest BCUT2D eigenvalue weighted by atomic mass is 32.1. The molecule has 2 aromatic rings. The monoisotopic (exact) mass is 298 g/mol. The molecule has 0 saturated heterocycles. The van der Waals surface area contributed by atoms with E-state index in [4.69, 9.17) is 22.7 Å². The Labute approximate surface area is 130 Å². The van der Waals surface area contributed by atoms with Gasteiger partial charge in [0.25, 0.3) is 0 Å². The summed E-state index contributed by atoms with van der Waals surface area (Å²) in [5, 5.41) is 0. The quantitative estimate of drug-likeness (QED) is 0.881. The highest BCUT2D eigenvalue weighted by Gasteiger charge is 2.18. The van der Waals surface area contributed by atoms with Gasteiger partial charge in [-0.15, -0.1) is 0 Å². The molecule has 0 bridgehead atoms. The number of rotatable bonds is 4. The Bertz CT molecular complexity index is 659. The van der Waals surface area contributed by atoms with Crippen molar-refractivity contribution >= 4 is 17.2 Å². The summed E-state index contributed by atoms with van der Waals surface area (Å²) < 4.78 is 5.30. The Morgan fingerprint density at radius 1 is 1.19 bits per heavy atom. The van der Waals surface area contributed by atoms with Crippen LogP contribution in [0.5, 0.6) is 5.75 Å². The lowest BCUT2D eigenvalue weighted by molar-refractivity contribution is 0.275. The zero-order valence-electron chi connectivity index (χ0n) is 12.0. The molecule has 108 valence electrons. The first kappa shape index (κ1) is 14.0. The summed E-state index contributed by atoms with van der Waals surface area (Å²) in [6.07, 6.45) is 0. The number of nitrogens with zero attached hydrogens (tertiary/aromatic N) is 1. The van der Waals surface area contributed by atoms with E-state index in [-0.39, 0.29) is 0 Å². The van der Waals surface area contributed by atoms with E-state index in [2.05, 4.69) is 35.2 Å². The van der Waals surface area contributed by atoms with Crippen LogP contribution in [0.4, 0.5) is 0 Å². The molecule has 0 aromatic heterocycles. The van der Waals surface area contributed by atoms with Crippen LogP contribution in [0.25, 0.3) is 0 Å². The molecule has 0 amide bonds. The molecule has 0 atom stereocenters. The fraction of sp³-hybridized carbons (Fsp3) is 0.235. The van der Waals surface area contributed by atoms with Crippen molar-refractivity contribution in [2.24, 2.45) is 5.73 Å². The van der Waals surface area contributed by atoms with E-state index in [0.29, 0.717) is 4.99 Å². The molecule has 3 rings (SSSR count). The lowest BCUT2D eigenvalue weighted by Crippen LogP contribution is -2.17. The highest BCUT2D eigenvalue weighted by Crippen LogP contribution is 2.26. The Hall–Kier alpha value is -1.91. The van der Waals surface area contributed by atoms with Gasteiger partial charge >= 0.3 is 0 Å². The Morgan fingerprint density at radius 3 is 2.43 bits per heavy atom. The molecule has 0 spiro atoms. The summed E-state index contributed by atoms with van der Waals surface area (Å²) in [5.74, 6) is 0.732. The second-order valence-electron chi connectivity index (χ2n) is 5.31. The maximum absolute atomic E-state index is 5.77. The van der Waals surface area contributed by atoms with Gasteiger partial charge in [-0.05, 0) is 28.8 Å². The summed E-state index contributed by atoms with van der Waals surface area (Å²) >= 11 is 5.10. The van der Waals surface area contributed by atoms with Crippen LogP contribution in [0.15, 0.2) is 42.5 Å². The molecule has 0 aliphatic carbocycles. The third-order valence-electron chi connectivity index (χ3n) is 3.84. The normalized spacial score (nSPS) is 14.0. The third-order valence-corrected chi connectivity index (χ3v) is 4.06. The van der Waals surface area contributed by atoms with Crippen molar-refractivity contribution in [3.63, 3.8) is 0 Å². The van der Waals surface area contributed by atoms with Gasteiger partial charge in [-0.25, -0.2) is 0 Å². The maximum Gasteiger partial charge on any atom is 0.129 e. The molecule has 1 aliphatic rings. The number of hydrogen-bond acceptors (Lipinski definition) is 3. The van der Waals surface area contributed by atoms with E-state index < -0.39 is 0 Å². The van der Waals surface area contributed by atoms with Crippen molar-refractivity contribution in [3.8, 4) is 5.75 Å². The van der Waals surface area contributed by atoms with Gasteiger partial charge in [0.05, 0.1) is 12.7 Å². The highest BCUT2D eigenvalue weighted by molar-refractivity contribution is 7.80. The lowest BCUT2D eigenvalue weighted by Gasteiger charge is -2.16. The molecule has 3 nitrogen and oxygen atoms in total. The number of benzene rings is 2. The van der Waals surface area contributed by atoms with Crippen molar-refractivity contribution in [2.45, 2.75) is 19.6 Å². The largest absolute Gasteiger partial charge is 0.496 e. The van der Waals surface area contributed by atoms with Crippen molar-refractivity contribution in [3.05, 3.63) is 64.7 Å². The number of nitrogens with two attached hydrogens (primary N) is 1. The predicted octanol–water partition coefficient (Wildman–Crippen LogP) is 2.85. The SMILES string of the molecule is COc1ccc(CN2Cc3ccccc3C2)cc1C(N)=S. The van der Waals surface area contributed by atoms with Crippen LogP contribution in [0, 0.1) is 0 Å². The van der Waals surface area contributed by atoms with Crippen LogP contribution in [0.3, 0.4) is 0 Å². The summed E-state index contributed by atoms with van der Waals surface area (Å²) in [4.78, 5) is 2.79. The Morgan fingerprint density at radius 2 is 1.86 bits per heavy atom. The first-order valence-electron chi connectivity index (χ1n) is 6.93. The molecule has 0 fully saturated rings. The standard InChI is InChI=1S/C17H18N2OS/c1-20-16-7-6-12(8-15(16)17(18)21)9-19-10-13-4-2-3-5-14(13)11-19/h2-8H,9-11H2,1H3,(H2,18,21). The molecule has 4 heteroatoms. The molecular formula is C17H18N2OS. The number of hydrogen-bond donors (Lipinski definition) is 1. The Balaban J connectivity index is 1.78. The number of ether oxygens (including phenoxy) is 1. The molecule has 2 N–H and O–H groups in total. The van der Waals surface area contributed by atoms with E-state index in [0.717, 1.165) is 30.9 Å². The van der Waals surface area contributed by atoms with Crippen molar-refractivity contribution in [1.29, 1.82) is 0 Å². The van der Waals surface area contributed by atoms with Gasteiger partial charge in [-0.1, -0.05) is 42.5 Å². The summed E-state index contributed by atoms with van der Waals surface area (Å²) in [6, 6.07) is 14.6. The van der Waals surface area contributed by atoms with E-state index in [1.165, 1.54) is 16.7 Å². The molecule has 2 aromatic carbocycles. The fourth-order valence-electron chi connectivity index (χ4n) is 2.82. The summed E-state index contributed by atoms with van der Waals surface area (Å²) in [6.45, 7) is 2.86. The first-order chi connectivity index (χ1) is 10.2. The van der Waals surface area contributed by atoms with Gasteiger partial charge in [0.1, 0.15) is 10.7 Å². The first-order valence-corrected chi connectivity index (χ1v) is 7.34. The van der Waals surface area contributed by atoms with Gasteiger partial charge in [0, 0.05) is 19.6 Å². The minimum atomic E-state index is 0.374. The summed E-state index contributed by atoms with van der Waals surface area (Å²) in [5.41, 5.74) is 10.6. The molecule has 0 unspecified atom stereocenters.